The number of rotatable bonds is 7. The molecule has 0 spiro atoms. The standard InChI is InChI=1S/C58H39N/c1-2-11-45(12-3-1)56(52-31-28-43-10-4-5-13-46(43)38-52)36-42-20-24-44(25-21-42)49-30-29-47-34-40(22-26-50(47)37-49)18-19-41-23-27-51-39-53(33-32-48(51)35-41)59-57-16-8-6-14-54(57)55-15-7-9-17-58(55)59/h1-39H/b19-18+,56-36+. The molecule has 0 amide bonds. The predicted molar refractivity (Wildman–Crippen MR) is 254 cm³/mol. The summed E-state index contributed by atoms with van der Waals surface area (Å²) in [5.41, 5.74) is 13.2. The van der Waals surface area contributed by atoms with Gasteiger partial charge in [-0.25, -0.2) is 0 Å². The summed E-state index contributed by atoms with van der Waals surface area (Å²) >= 11 is 0. The number of benzene rings is 10. The third-order valence-corrected chi connectivity index (χ3v) is 11.7. The highest BCUT2D eigenvalue weighted by atomic mass is 15.0. The van der Waals surface area contributed by atoms with Gasteiger partial charge in [0.25, 0.3) is 0 Å². The zero-order chi connectivity index (χ0) is 39.1. The number of fused-ring (bicyclic) bond motifs is 6. The van der Waals surface area contributed by atoms with E-state index in [0.29, 0.717) is 0 Å². The van der Waals surface area contributed by atoms with Crippen molar-refractivity contribution in [3.05, 3.63) is 246 Å². The maximum Gasteiger partial charge on any atom is 0.0541 e. The molecule has 0 aliphatic carbocycles. The predicted octanol–water partition coefficient (Wildman–Crippen LogP) is 15.7. The Kier molecular flexibility index (Phi) is 8.56. The van der Waals surface area contributed by atoms with E-state index >= 15 is 0 Å². The topological polar surface area (TPSA) is 4.93 Å². The smallest absolute Gasteiger partial charge is 0.0541 e. The number of hydrogen-bond acceptors (Lipinski definition) is 0. The third kappa shape index (κ3) is 6.59. The first kappa shape index (κ1) is 34.5. The molecule has 1 nitrogen and oxygen atoms in total. The highest BCUT2D eigenvalue weighted by Gasteiger charge is 2.12. The van der Waals surface area contributed by atoms with Crippen LogP contribution in [0.1, 0.15) is 27.8 Å². The average Bonchev–Trinajstić information content (AvgIpc) is 3.64. The van der Waals surface area contributed by atoms with E-state index in [2.05, 4.69) is 241 Å². The number of nitrogens with zero attached hydrogens (tertiary/aromatic N) is 1. The monoisotopic (exact) mass is 749 g/mol. The lowest BCUT2D eigenvalue weighted by Gasteiger charge is -2.11. The van der Waals surface area contributed by atoms with Crippen LogP contribution in [0.15, 0.2) is 218 Å². The lowest BCUT2D eigenvalue weighted by Crippen LogP contribution is -1.93. The van der Waals surface area contributed by atoms with Crippen LogP contribution in [0.3, 0.4) is 0 Å². The lowest BCUT2D eigenvalue weighted by molar-refractivity contribution is 1.19. The summed E-state index contributed by atoms with van der Waals surface area (Å²) in [6.45, 7) is 0. The van der Waals surface area contributed by atoms with Crippen LogP contribution in [0.25, 0.3) is 94.7 Å². The minimum atomic E-state index is 1.17. The molecule has 0 unspecified atom stereocenters. The molecule has 10 aromatic carbocycles. The molecular formula is C58H39N. The van der Waals surface area contributed by atoms with Gasteiger partial charge in [0.2, 0.25) is 0 Å². The molecule has 0 radical (unpaired) electrons. The third-order valence-electron chi connectivity index (χ3n) is 11.7. The summed E-state index contributed by atoms with van der Waals surface area (Å²) in [6.07, 6.45) is 6.74. The van der Waals surface area contributed by atoms with Gasteiger partial charge in [-0.3, -0.25) is 0 Å². The van der Waals surface area contributed by atoms with E-state index in [0.717, 1.165) is 0 Å². The molecule has 0 saturated carbocycles. The van der Waals surface area contributed by atoms with Crippen LogP contribution in [0, 0.1) is 0 Å². The molecule has 11 aromatic rings. The van der Waals surface area contributed by atoms with Gasteiger partial charge in [-0.2, -0.15) is 0 Å². The fraction of sp³-hybridized carbons (Fsp3) is 0. The van der Waals surface area contributed by atoms with Crippen molar-refractivity contribution in [2.24, 2.45) is 0 Å². The molecule has 276 valence electrons. The van der Waals surface area contributed by atoms with Gasteiger partial charge in [-0.15, -0.1) is 0 Å². The Bertz CT molecular complexity index is 3360. The highest BCUT2D eigenvalue weighted by molar-refractivity contribution is 6.09. The molecule has 0 N–H and O–H groups in total. The van der Waals surface area contributed by atoms with Gasteiger partial charge in [0.05, 0.1) is 11.0 Å². The summed E-state index contributed by atoms with van der Waals surface area (Å²) in [4.78, 5) is 0. The van der Waals surface area contributed by atoms with Crippen molar-refractivity contribution in [3.63, 3.8) is 0 Å². The van der Waals surface area contributed by atoms with Crippen molar-refractivity contribution in [3.8, 4) is 16.8 Å². The molecular weight excluding hydrogens is 711 g/mol. The SMILES string of the molecule is C(=C\c1ccc2cc(-n3c4ccccc4c4ccccc43)ccc2c1)/c1ccc2cc(-c3ccc(/C=C(\c4ccccc4)c4ccc5ccccc5c4)cc3)ccc2c1. The Balaban J connectivity index is 0.830. The molecule has 59 heavy (non-hydrogen) atoms. The van der Waals surface area contributed by atoms with E-state index in [1.54, 1.807) is 0 Å². The van der Waals surface area contributed by atoms with Crippen LogP contribution in [-0.4, -0.2) is 4.57 Å². The van der Waals surface area contributed by atoms with Crippen molar-refractivity contribution in [2.45, 2.75) is 0 Å². The average molecular weight is 750 g/mol. The zero-order valence-corrected chi connectivity index (χ0v) is 32.5. The van der Waals surface area contributed by atoms with Crippen LogP contribution in [0.2, 0.25) is 0 Å². The molecule has 0 fully saturated rings. The lowest BCUT2D eigenvalue weighted by atomic mass is 9.93. The van der Waals surface area contributed by atoms with E-state index in [4.69, 9.17) is 0 Å². The van der Waals surface area contributed by atoms with Crippen molar-refractivity contribution in [1.82, 2.24) is 4.57 Å². The van der Waals surface area contributed by atoms with Gasteiger partial charge in [-0.05, 0) is 131 Å². The van der Waals surface area contributed by atoms with Gasteiger partial charge in [0.15, 0.2) is 0 Å². The maximum absolute atomic E-state index is 2.38. The van der Waals surface area contributed by atoms with Crippen LogP contribution < -0.4 is 0 Å². The molecule has 0 aliphatic rings. The van der Waals surface area contributed by atoms with Gasteiger partial charge < -0.3 is 4.57 Å². The van der Waals surface area contributed by atoms with Crippen LogP contribution in [-0.2, 0) is 0 Å². The van der Waals surface area contributed by atoms with E-state index < -0.39 is 0 Å². The molecule has 0 saturated heterocycles. The van der Waals surface area contributed by atoms with Crippen LogP contribution in [0.4, 0.5) is 0 Å². The van der Waals surface area contributed by atoms with Crippen molar-refractivity contribution in [2.75, 3.05) is 0 Å². The molecule has 1 heteroatoms. The second-order valence-electron chi connectivity index (χ2n) is 15.4. The summed E-state index contributed by atoms with van der Waals surface area (Å²) in [7, 11) is 0. The molecule has 1 heterocycles. The Morgan fingerprint density at radius 1 is 0.322 bits per heavy atom. The summed E-state index contributed by atoms with van der Waals surface area (Å²) in [5.74, 6) is 0. The van der Waals surface area contributed by atoms with Crippen molar-refractivity contribution < 1.29 is 0 Å². The molecule has 0 bridgehead atoms. The fourth-order valence-electron chi connectivity index (χ4n) is 8.68. The van der Waals surface area contributed by atoms with Crippen molar-refractivity contribution >= 4 is 77.9 Å². The first-order chi connectivity index (χ1) is 29.2. The largest absolute Gasteiger partial charge is 0.309 e. The Hall–Kier alpha value is -7.74. The molecule has 0 atom stereocenters. The first-order valence-electron chi connectivity index (χ1n) is 20.3. The van der Waals surface area contributed by atoms with E-state index in [1.807, 2.05) is 0 Å². The number of aromatic nitrogens is 1. The summed E-state index contributed by atoms with van der Waals surface area (Å²) in [5, 5.41) is 9.98. The summed E-state index contributed by atoms with van der Waals surface area (Å²) < 4.78 is 2.38. The van der Waals surface area contributed by atoms with Gasteiger partial charge >= 0.3 is 0 Å². The quantitative estimate of drug-likeness (QED) is 0.143. The van der Waals surface area contributed by atoms with E-state index in [-0.39, 0.29) is 0 Å². The normalized spacial score (nSPS) is 12.1. The highest BCUT2D eigenvalue weighted by Crippen LogP contribution is 2.34. The second-order valence-corrected chi connectivity index (χ2v) is 15.4. The molecule has 1 aromatic heterocycles. The molecule has 0 aliphatic heterocycles. The fourth-order valence-corrected chi connectivity index (χ4v) is 8.68. The Morgan fingerprint density at radius 2 is 0.831 bits per heavy atom. The minimum Gasteiger partial charge on any atom is -0.309 e. The van der Waals surface area contributed by atoms with E-state index in [1.165, 1.54) is 104 Å². The van der Waals surface area contributed by atoms with Crippen molar-refractivity contribution in [1.29, 1.82) is 0 Å². The first-order valence-corrected chi connectivity index (χ1v) is 20.3. The Morgan fingerprint density at radius 3 is 1.54 bits per heavy atom. The van der Waals surface area contributed by atoms with Gasteiger partial charge in [-0.1, -0.05) is 182 Å². The van der Waals surface area contributed by atoms with Crippen LogP contribution >= 0.6 is 0 Å². The van der Waals surface area contributed by atoms with Gasteiger partial charge in [0.1, 0.15) is 0 Å². The molecule has 11 rings (SSSR count). The maximum atomic E-state index is 2.38. The van der Waals surface area contributed by atoms with E-state index in [9.17, 15) is 0 Å². The van der Waals surface area contributed by atoms with Crippen LogP contribution in [0.5, 0.6) is 0 Å². The van der Waals surface area contributed by atoms with Gasteiger partial charge in [0, 0.05) is 16.5 Å². The zero-order valence-electron chi connectivity index (χ0n) is 32.5. The minimum absolute atomic E-state index is 1.17. The second kappa shape index (κ2) is 14.6. The number of para-hydroxylation sites is 2. The Labute approximate surface area is 344 Å². The number of hydrogen-bond donors (Lipinski definition) is 0. The summed E-state index contributed by atoms with van der Waals surface area (Å²) in [6, 6.07) is 79.3.